The molecule has 1 fully saturated rings. The summed E-state index contributed by atoms with van der Waals surface area (Å²) in [6.45, 7) is 8.47. The van der Waals surface area contributed by atoms with Gasteiger partial charge in [0, 0.05) is 45.3 Å². The van der Waals surface area contributed by atoms with Gasteiger partial charge in [0.1, 0.15) is 0 Å². The molecule has 1 saturated heterocycles. The van der Waals surface area contributed by atoms with Crippen LogP contribution in [0.2, 0.25) is 0 Å². The maximum Gasteiger partial charge on any atom is 0.158 e. The van der Waals surface area contributed by atoms with E-state index in [0.29, 0.717) is 19.3 Å². The highest BCUT2D eigenvalue weighted by Crippen LogP contribution is 2.09. The number of likely N-dealkylation sites (tertiary alicyclic amines) is 1. The van der Waals surface area contributed by atoms with Crippen LogP contribution in [0.1, 0.15) is 20.3 Å². The van der Waals surface area contributed by atoms with Crippen molar-refractivity contribution in [2.45, 2.75) is 32.6 Å². The van der Waals surface area contributed by atoms with Gasteiger partial charge < -0.3 is 15.2 Å². The molecule has 0 atom stereocenters. The molecule has 1 aliphatic heterocycles. The average Bonchev–Trinajstić information content (AvgIpc) is 2.11. The van der Waals surface area contributed by atoms with Gasteiger partial charge >= 0.3 is 0 Å². The molecule has 0 aliphatic carbocycles. The van der Waals surface area contributed by atoms with Gasteiger partial charge in [0.25, 0.3) is 0 Å². The fourth-order valence-corrected chi connectivity index (χ4v) is 1.67. The van der Waals surface area contributed by atoms with Crippen LogP contribution in [-0.4, -0.2) is 50.1 Å². The summed E-state index contributed by atoms with van der Waals surface area (Å²) in [4.78, 5) is 2.33. The van der Waals surface area contributed by atoms with Crippen molar-refractivity contribution in [3.05, 3.63) is 0 Å². The van der Waals surface area contributed by atoms with Gasteiger partial charge in [-0.2, -0.15) is 0 Å². The zero-order valence-electron chi connectivity index (χ0n) is 9.24. The molecule has 4 heteroatoms. The highest BCUT2D eigenvalue weighted by atomic mass is 16.7. The van der Waals surface area contributed by atoms with E-state index >= 15 is 0 Å². The van der Waals surface area contributed by atoms with Gasteiger partial charge in [0.2, 0.25) is 0 Å². The lowest BCUT2D eigenvalue weighted by Crippen LogP contribution is -2.56. The van der Waals surface area contributed by atoms with Crippen LogP contribution in [0.4, 0.5) is 0 Å². The second-order valence-corrected chi connectivity index (χ2v) is 3.65. The summed E-state index contributed by atoms with van der Waals surface area (Å²) >= 11 is 0. The van der Waals surface area contributed by atoms with Crippen molar-refractivity contribution >= 4 is 0 Å². The Morgan fingerprint density at radius 3 is 2.29 bits per heavy atom. The quantitative estimate of drug-likeness (QED) is 0.608. The first kappa shape index (κ1) is 11.9. The second kappa shape index (κ2) is 6.35. The Labute approximate surface area is 86.3 Å². The predicted octanol–water partition coefficient (Wildman–Crippen LogP) is 0.419. The van der Waals surface area contributed by atoms with Gasteiger partial charge in [0.15, 0.2) is 6.29 Å². The zero-order valence-corrected chi connectivity index (χ0v) is 9.24. The lowest BCUT2D eigenvalue weighted by molar-refractivity contribution is -0.143. The molecule has 0 aromatic carbocycles. The molecule has 0 spiro atoms. The molecule has 0 unspecified atom stereocenters. The van der Waals surface area contributed by atoms with Crippen LogP contribution >= 0.6 is 0 Å². The van der Waals surface area contributed by atoms with Gasteiger partial charge in [0.05, 0.1) is 0 Å². The van der Waals surface area contributed by atoms with E-state index in [-0.39, 0.29) is 6.29 Å². The predicted molar refractivity (Wildman–Crippen MR) is 56.1 cm³/mol. The minimum absolute atomic E-state index is 0.0400. The minimum atomic E-state index is -0.0400. The molecule has 0 amide bonds. The molecule has 1 heterocycles. The lowest BCUT2D eigenvalue weighted by Gasteiger charge is -2.37. The molecule has 1 aliphatic rings. The summed E-state index contributed by atoms with van der Waals surface area (Å²) in [6.07, 6.45) is 0.899. The third-order valence-corrected chi connectivity index (χ3v) is 2.37. The number of nitrogens with two attached hydrogens (primary N) is 1. The Bertz CT molecular complexity index is 143. The van der Waals surface area contributed by atoms with Crippen molar-refractivity contribution < 1.29 is 9.47 Å². The van der Waals surface area contributed by atoms with Gasteiger partial charge in [-0.3, -0.25) is 4.90 Å². The Balaban J connectivity index is 2.06. The van der Waals surface area contributed by atoms with E-state index in [1.165, 1.54) is 0 Å². The molecule has 2 N–H and O–H groups in total. The molecule has 84 valence electrons. The molecule has 14 heavy (non-hydrogen) atoms. The zero-order chi connectivity index (χ0) is 10.4. The van der Waals surface area contributed by atoms with E-state index < -0.39 is 0 Å². The third-order valence-electron chi connectivity index (χ3n) is 2.37. The fourth-order valence-electron chi connectivity index (χ4n) is 1.67. The standard InChI is InChI=1S/C10H22N2O2/c1-3-13-10(14-4-2)5-6-12-7-9(11)8-12/h9-10H,3-8,11H2,1-2H3. The molecular formula is C10H22N2O2. The fraction of sp³-hybridized carbons (Fsp3) is 1.00. The van der Waals surface area contributed by atoms with Crippen LogP contribution in [-0.2, 0) is 9.47 Å². The topological polar surface area (TPSA) is 47.7 Å². The Kier molecular flexibility index (Phi) is 5.40. The summed E-state index contributed by atoms with van der Waals surface area (Å²) in [5, 5.41) is 0. The van der Waals surface area contributed by atoms with Crippen molar-refractivity contribution in [1.82, 2.24) is 4.90 Å². The molecule has 0 saturated carbocycles. The van der Waals surface area contributed by atoms with Crippen molar-refractivity contribution in [3.8, 4) is 0 Å². The van der Waals surface area contributed by atoms with Crippen molar-refractivity contribution in [2.75, 3.05) is 32.8 Å². The van der Waals surface area contributed by atoms with Crippen LogP contribution in [0.25, 0.3) is 0 Å². The SMILES string of the molecule is CCOC(CCN1CC(N)C1)OCC. The van der Waals surface area contributed by atoms with E-state index in [0.717, 1.165) is 26.1 Å². The van der Waals surface area contributed by atoms with Gasteiger partial charge in [-0.05, 0) is 13.8 Å². The number of ether oxygens (including phenoxy) is 2. The maximum absolute atomic E-state index is 5.69. The summed E-state index contributed by atoms with van der Waals surface area (Å²) in [7, 11) is 0. The Morgan fingerprint density at radius 1 is 1.29 bits per heavy atom. The average molecular weight is 202 g/mol. The van der Waals surface area contributed by atoms with Crippen LogP contribution in [0.5, 0.6) is 0 Å². The van der Waals surface area contributed by atoms with E-state index in [4.69, 9.17) is 15.2 Å². The van der Waals surface area contributed by atoms with Gasteiger partial charge in [-0.1, -0.05) is 0 Å². The monoisotopic (exact) mass is 202 g/mol. The first-order chi connectivity index (χ1) is 6.76. The number of rotatable bonds is 7. The number of hydrogen-bond acceptors (Lipinski definition) is 4. The molecule has 1 rings (SSSR count). The van der Waals surface area contributed by atoms with E-state index in [1.54, 1.807) is 0 Å². The molecule has 0 aromatic heterocycles. The summed E-state index contributed by atoms with van der Waals surface area (Å²) < 4.78 is 10.9. The molecule has 0 bridgehead atoms. The Hall–Kier alpha value is -0.160. The molecule has 4 nitrogen and oxygen atoms in total. The van der Waals surface area contributed by atoms with E-state index in [2.05, 4.69) is 4.90 Å². The molecular weight excluding hydrogens is 180 g/mol. The summed E-state index contributed by atoms with van der Waals surface area (Å²) in [5.74, 6) is 0. The summed E-state index contributed by atoms with van der Waals surface area (Å²) in [5.41, 5.74) is 5.69. The van der Waals surface area contributed by atoms with Crippen LogP contribution in [0.15, 0.2) is 0 Å². The number of hydrogen-bond donors (Lipinski definition) is 1. The minimum Gasteiger partial charge on any atom is -0.353 e. The summed E-state index contributed by atoms with van der Waals surface area (Å²) in [6, 6.07) is 0.382. The van der Waals surface area contributed by atoms with Crippen molar-refractivity contribution in [2.24, 2.45) is 5.73 Å². The number of nitrogens with zero attached hydrogens (tertiary/aromatic N) is 1. The highest BCUT2D eigenvalue weighted by Gasteiger charge is 2.23. The first-order valence-corrected chi connectivity index (χ1v) is 5.47. The van der Waals surface area contributed by atoms with Crippen molar-refractivity contribution in [1.29, 1.82) is 0 Å². The van der Waals surface area contributed by atoms with Gasteiger partial charge in [-0.25, -0.2) is 0 Å². The van der Waals surface area contributed by atoms with E-state index in [1.807, 2.05) is 13.8 Å². The van der Waals surface area contributed by atoms with Crippen LogP contribution in [0.3, 0.4) is 0 Å². The first-order valence-electron chi connectivity index (χ1n) is 5.47. The lowest BCUT2D eigenvalue weighted by atomic mass is 10.1. The van der Waals surface area contributed by atoms with Gasteiger partial charge in [-0.15, -0.1) is 0 Å². The van der Waals surface area contributed by atoms with Crippen LogP contribution < -0.4 is 5.73 Å². The third kappa shape index (κ3) is 3.92. The largest absolute Gasteiger partial charge is 0.353 e. The molecule has 0 radical (unpaired) electrons. The highest BCUT2D eigenvalue weighted by molar-refractivity contribution is 4.82. The smallest absolute Gasteiger partial charge is 0.158 e. The normalized spacial score (nSPS) is 18.9. The Morgan fingerprint density at radius 2 is 1.86 bits per heavy atom. The van der Waals surface area contributed by atoms with Crippen molar-refractivity contribution in [3.63, 3.8) is 0 Å². The van der Waals surface area contributed by atoms with Crippen LogP contribution in [0, 0.1) is 0 Å². The second-order valence-electron chi connectivity index (χ2n) is 3.65. The maximum atomic E-state index is 5.69. The molecule has 0 aromatic rings. The van der Waals surface area contributed by atoms with E-state index in [9.17, 15) is 0 Å².